The Bertz CT molecular complexity index is 804. The monoisotopic (exact) mass is 361 g/mol. The van der Waals surface area contributed by atoms with Gasteiger partial charge in [0.05, 0.1) is 26.0 Å². The number of carbonyl (C=O) groups excluding carboxylic acids is 2. The summed E-state index contributed by atoms with van der Waals surface area (Å²) in [5, 5.41) is 3.36. The minimum atomic E-state index is -0.719. The van der Waals surface area contributed by atoms with Crippen LogP contribution in [0.4, 0.5) is 5.69 Å². The molecule has 0 spiro atoms. The maximum atomic E-state index is 11.9. The highest BCUT2D eigenvalue weighted by atomic mass is 35.5. The number of nitrogens with one attached hydrogen (secondary N) is 1. The highest BCUT2D eigenvalue weighted by Gasteiger charge is 2.15. The number of halogens is 1. The molecule has 0 heterocycles. The van der Waals surface area contributed by atoms with Gasteiger partial charge in [0, 0.05) is 5.02 Å². The minimum Gasteiger partial charge on any atom is -0.466 e. The van der Waals surface area contributed by atoms with Gasteiger partial charge >= 0.3 is 11.9 Å². The Labute approximate surface area is 150 Å². The van der Waals surface area contributed by atoms with Gasteiger partial charge < -0.3 is 19.5 Å². The summed E-state index contributed by atoms with van der Waals surface area (Å²) in [4.78, 5) is 23.3. The van der Waals surface area contributed by atoms with Crippen molar-refractivity contribution in [1.29, 1.82) is 0 Å². The molecule has 0 saturated carbocycles. The molecule has 25 heavy (non-hydrogen) atoms. The van der Waals surface area contributed by atoms with Crippen LogP contribution in [0.1, 0.15) is 0 Å². The first kappa shape index (κ1) is 18.4. The maximum Gasteiger partial charge on any atom is 0.354 e. The molecule has 1 N–H and O–H groups in total. The quantitative estimate of drug-likeness (QED) is 0.623. The summed E-state index contributed by atoms with van der Waals surface area (Å²) in [6.07, 6.45) is 1.00. The van der Waals surface area contributed by atoms with Gasteiger partial charge in [-0.25, -0.2) is 9.59 Å². The number of hydrogen-bond acceptors (Lipinski definition) is 6. The number of rotatable bonds is 6. The first-order chi connectivity index (χ1) is 12.0. The fourth-order valence-corrected chi connectivity index (χ4v) is 2.07. The lowest BCUT2D eigenvalue weighted by Crippen LogP contribution is -2.15. The van der Waals surface area contributed by atoms with Crippen LogP contribution < -0.4 is 10.1 Å². The van der Waals surface area contributed by atoms with Crippen LogP contribution in [0, 0.1) is 0 Å². The highest BCUT2D eigenvalue weighted by Crippen LogP contribution is 2.31. The van der Waals surface area contributed by atoms with Crippen molar-refractivity contribution in [3.05, 3.63) is 65.3 Å². The molecule has 0 aromatic heterocycles. The summed E-state index contributed by atoms with van der Waals surface area (Å²) in [5.41, 5.74) is 0.375. The van der Waals surface area contributed by atoms with Gasteiger partial charge in [-0.05, 0) is 30.3 Å². The molecule has 0 aliphatic carbocycles. The second-order valence-corrected chi connectivity index (χ2v) is 5.19. The van der Waals surface area contributed by atoms with Crippen LogP contribution in [0.3, 0.4) is 0 Å². The van der Waals surface area contributed by atoms with Crippen molar-refractivity contribution in [2.45, 2.75) is 0 Å². The number of hydrogen-bond donors (Lipinski definition) is 1. The Hall–Kier alpha value is -2.99. The predicted molar refractivity (Wildman–Crippen MR) is 93.7 cm³/mol. The van der Waals surface area contributed by atoms with E-state index in [0.717, 1.165) is 6.08 Å². The minimum absolute atomic E-state index is 0.0866. The summed E-state index contributed by atoms with van der Waals surface area (Å²) in [5.74, 6) is -0.452. The van der Waals surface area contributed by atoms with Crippen LogP contribution >= 0.6 is 11.6 Å². The Morgan fingerprint density at radius 2 is 1.80 bits per heavy atom. The average molecular weight is 362 g/mol. The molecule has 0 saturated heterocycles. The van der Waals surface area contributed by atoms with Gasteiger partial charge in [0.25, 0.3) is 0 Å². The number of anilines is 1. The van der Waals surface area contributed by atoms with Gasteiger partial charge in [0.1, 0.15) is 11.4 Å². The Balaban J connectivity index is 2.31. The molecular weight excluding hydrogens is 346 g/mol. The molecule has 0 aliphatic rings. The van der Waals surface area contributed by atoms with E-state index in [4.69, 9.17) is 16.3 Å². The summed E-state index contributed by atoms with van der Waals surface area (Å²) in [7, 11) is 2.42. The number of para-hydroxylation sites is 2. The molecule has 6 nitrogen and oxygen atoms in total. The Kier molecular flexibility index (Phi) is 6.42. The van der Waals surface area contributed by atoms with Gasteiger partial charge in [-0.1, -0.05) is 29.8 Å². The standard InChI is InChI=1S/C18H16ClNO5/c1-23-17(21)11-15(18(22)24-2)20-14-8-3-4-9-16(14)25-13-7-5-6-12(19)10-13/h3-11,20H,1-2H3/b15-11+. The maximum absolute atomic E-state index is 11.9. The van der Waals surface area contributed by atoms with Crippen LogP contribution in [0.15, 0.2) is 60.3 Å². The van der Waals surface area contributed by atoms with Gasteiger partial charge in [-0.2, -0.15) is 0 Å². The van der Waals surface area contributed by atoms with Crippen molar-refractivity contribution < 1.29 is 23.8 Å². The van der Waals surface area contributed by atoms with Crippen LogP contribution in [-0.4, -0.2) is 26.2 Å². The van der Waals surface area contributed by atoms with E-state index in [1.54, 1.807) is 48.5 Å². The van der Waals surface area contributed by atoms with E-state index in [2.05, 4.69) is 14.8 Å². The number of ether oxygens (including phenoxy) is 3. The zero-order valence-electron chi connectivity index (χ0n) is 13.6. The van der Waals surface area contributed by atoms with E-state index >= 15 is 0 Å². The van der Waals surface area contributed by atoms with Crippen LogP contribution in [0.5, 0.6) is 11.5 Å². The van der Waals surface area contributed by atoms with Crippen molar-refractivity contribution in [2.75, 3.05) is 19.5 Å². The predicted octanol–water partition coefficient (Wildman–Crippen LogP) is 3.77. The summed E-state index contributed by atoms with van der Waals surface area (Å²) >= 11 is 5.95. The van der Waals surface area contributed by atoms with Gasteiger partial charge in [0.15, 0.2) is 5.75 Å². The van der Waals surface area contributed by atoms with Crippen LogP contribution in [-0.2, 0) is 19.1 Å². The highest BCUT2D eigenvalue weighted by molar-refractivity contribution is 6.30. The van der Waals surface area contributed by atoms with Crippen molar-refractivity contribution in [3.8, 4) is 11.5 Å². The molecular formula is C18H16ClNO5. The molecule has 2 rings (SSSR count). The second kappa shape index (κ2) is 8.75. The SMILES string of the molecule is COC(=O)/C=C(/Nc1ccccc1Oc1cccc(Cl)c1)C(=O)OC. The molecule has 0 fully saturated rings. The lowest BCUT2D eigenvalue weighted by molar-refractivity contribution is -0.138. The molecule has 7 heteroatoms. The Morgan fingerprint density at radius 3 is 2.48 bits per heavy atom. The van der Waals surface area contributed by atoms with Gasteiger partial charge in [-0.3, -0.25) is 0 Å². The number of esters is 2. The number of methoxy groups -OCH3 is 2. The topological polar surface area (TPSA) is 73.9 Å². The van der Waals surface area contributed by atoms with E-state index < -0.39 is 11.9 Å². The first-order valence-corrected chi connectivity index (χ1v) is 7.58. The largest absolute Gasteiger partial charge is 0.466 e. The third-order valence-electron chi connectivity index (χ3n) is 3.05. The fraction of sp³-hybridized carbons (Fsp3) is 0.111. The summed E-state index contributed by atoms with van der Waals surface area (Å²) < 4.78 is 15.0. The van der Waals surface area contributed by atoms with Crippen LogP contribution in [0.25, 0.3) is 0 Å². The third kappa shape index (κ3) is 5.26. The molecule has 0 bridgehead atoms. The molecule has 2 aromatic rings. The first-order valence-electron chi connectivity index (χ1n) is 7.21. The number of carbonyl (C=O) groups is 2. The lowest BCUT2D eigenvalue weighted by atomic mass is 10.2. The van der Waals surface area contributed by atoms with Crippen molar-refractivity contribution in [3.63, 3.8) is 0 Å². The third-order valence-corrected chi connectivity index (χ3v) is 3.28. The van der Waals surface area contributed by atoms with E-state index in [9.17, 15) is 9.59 Å². The second-order valence-electron chi connectivity index (χ2n) is 4.75. The van der Waals surface area contributed by atoms with Crippen molar-refractivity contribution in [1.82, 2.24) is 0 Å². The fourth-order valence-electron chi connectivity index (χ4n) is 1.89. The summed E-state index contributed by atoms with van der Waals surface area (Å²) in [6, 6.07) is 13.8. The van der Waals surface area contributed by atoms with Crippen molar-refractivity contribution >= 4 is 29.2 Å². The van der Waals surface area contributed by atoms with E-state index in [1.165, 1.54) is 14.2 Å². The van der Waals surface area contributed by atoms with Gasteiger partial charge in [0.2, 0.25) is 0 Å². The number of benzene rings is 2. The molecule has 130 valence electrons. The zero-order chi connectivity index (χ0) is 18.2. The van der Waals surface area contributed by atoms with Crippen LogP contribution in [0.2, 0.25) is 5.02 Å². The Morgan fingerprint density at radius 1 is 1.04 bits per heavy atom. The zero-order valence-corrected chi connectivity index (χ0v) is 14.4. The molecule has 0 aliphatic heterocycles. The molecule has 0 amide bonds. The van der Waals surface area contributed by atoms with E-state index in [0.29, 0.717) is 22.2 Å². The smallest absolute Gasteiger partial charge is 0.354 e. The van der Waals surface area contributed by atoms with E-state index in [-0.39, 0.29) is 5.70 Å². The molecule has 0 atom stereocenters. The van der Waals surface area contributed by atoms with E-state index in [1.807, 2.05) is 0 Å². The lowest BCUT2D eigenvalue weighted by Gasteiger charge is -2.14. The van der Waals surface area contributed by atoms with Crippen molar-refractivity contribution in [2.24, 2.45) is 0 Å². The average Bonchev–Trinajstić information content (AvgIpc) is 2.62. The van der Waals surface area contributed by atoms with Gasteiger partial charge in [-0.15, -0.1) is 0 Å². The summed E-state index contributed by atoms with van der Waals surface area (Å²) in [6.45, 7) is 0. The molecule has 0 unspecified atom stereocenters. The molecule has 2 aromatic carbocycles. The normalized spacial score (nSPS) is 10.8. The molecule has 0 radical (unpaired) electrons.